The number of H-pyrrole nitrogens is 1. The van der Waals surface area contributed by atoms with E-state index in [0.29, 0.717) is 24.7 Å². The van der Waals surface area contributed by atoms with Gasteiger partial charge in [0.25, 0.3) is 0 Å². The van der Waals surface area contributed by atoms with Gasteiger partial charge in [0, 0.05) is 30.7 Å². The molecule has 1 fully saturated rings. The molecule has 5 rings (SSSR count). The van der Waals surface area contributed by atoms with Gasteiger partial charge in [-0.05, 0) is 13.0 Å². The van der Waals surface area contributed by atoms with Crippen molar-refractivity contribution in [1.29, 1.82) is 0 Å². The van der Waals surface area contributed by atoms with Crippen LogP contribution in [0.1, 0.15) is 24.3 Å². The van der Waals surface area contributed by atoms with Gasteiger partial charge in [-0.15, -0.1) is 0 Å². The van der Waals surface area contributed by atoms with Crippen LogP contribution in [0.3, 0.4) is 0 Å². The smallest absolute Gasteiger partial charge is 0.369 e. The highest BCUT2D eigenvalue weighted by atomic mass is 19.4. The van der Waals surface area contributed by atoms with E-state index in [4.69, 9.17) is 4.74 Å². The highest BCUT2D eigenvalue weighted by molar-refractivity contribution is 5.58. The van der Waals surface area contributed by atoms with Crippen LogP contribution in [-0.2, 0) is 10.9 Å². The van der Waals surface area contributed by atoms with Crippen LogP contribution >= 0.6 is 0 Å². The number of anilines is 1. The molecule has 0 aliphatic carbocycles. The Labute approximate surface area is 173 Å². The van der Waals surface area contributed by atoms with E-state index >= 15 is 0 Å². The van der Waals surface area contributed by atoms with Gasteiger partial charge in [-0.3, -0.25) is 9.50 Å². The van der Waals surface area contributed by atoms with Crippen molar-refractivity contribution in [2.24, 2.45) is 0 Å². The van der Waals surface area contributed by atoms with Crippen molar-refractivity contribution in [2.45, 2.75) is 25.2 Å². The molecule has 0 saturated carbocycles. The summed E-state index contributed by atoms with van der Waals surface area (Å²) in [6.07, 6.45) is 3.76. The molecule has 31 heavy (non-hydrogen) atoms. The zero-order valence-electron chi connectivity index (χ0n) is 16.3. The Morgan fingerprint density at radius 2 is 2.03 bits per heavy atom. The van der Waals surface area contributed by atoms with E-state index in [2.05, 4.69) is 35.0 Å². The summed E-state index contributed by atoms with van der Waals surface area (Å²) in [4.78, 5) is 18.5. The van der Waals surface area contributed by atoms with E-state index < -0.39 is 11.9 Å². The first-order chi connectivity index (χ1) is 14.9. The predicted molar refractivity (Wildman–Crippen MR) is 103 cm³/mol. The molecule has 1 aliphatic rings. The van der Waals surface area contributed by atoms with Crippen LogP contribution in [0.25, 0.3) is 17.2 Å². The number of nitrogens with zero attached hydrogens (tertiary/aromatic N) is 7. The fourth-order valence-corrected chi connectivity index (χ4v) is 3.73. The Bertz CT molecular complexity index is 1210. The molecule has 2 atom stereocenters. The lowest BCUT2D eigenvalue weighted by molar-refractivity contribution is -0.141. The minimum Gasteiger partial charge on any atom is -0.369 e. The molecule has 1 N–H and O–H groups in total. The molecule has 160 valence electrons. The van der Waals surface area contributed by atoms with Crippen molar-refractivity contribution >= 4 is 11.5 Å². The third kappa shape index (κ3) is 3.48. The molecule has 1 saturated heterocycles. The standard InChI is InChI=1S/C19H17F3N8O/c1-11-17(12-6-26-27-7-12)31-5-4-29(11)15-2-3-23-18(28-15)13-8-25-16-9-24-14(10-30(13)16)19(20,21)22/h2-3,6-11,17H,4-5H2,1H3,(H,26,27). The molecule has 9 nitrogen and oxygen atoms in total. The molecular formula is C19H17F3N8O. The van der Waals surface area contributed by atoms with Crippen LogP contribution in [0.5, 0.6) is 0 Å². The third-order valence-electron chi connectivity index (χ3n) is 5.26. The van der Waals surface area contributed by atoms with Crippen LogP contribution in [0.15, 0.2) is 43.2 Å². The molecule has 0 amide bonds. The average molecular weight is 430 g/mol. The largest absolute Gasteiger partial charge is 0.434 e. The second-order valence-corrected chi connectivity index (χ2v) is 7.14. The second-order valence-electron chi connectivity index (χ2n) is 7.14. The average Bonchev–Trinajstić information content (AvgIpc) is 3.43. The van der Waals surface area contributed by atoms with Gasteiger partial charge >= 0.3 is 6.18 Å². The maximum absolute atomic E-state index is 13.1. The normalized spacial score (nSPS) is 19.8. The second kappa shape index (κ2) is 7.30. The number of fused-ring (bicyclic) bond motifs is 1. The van der Waals surface area contributed by atoms with E-state index in [1.54, 1.807) is 24.7 Å². The van der Waals surface area contributed by atoms with Gasteiger partial charge in [-0.1, -0.05) is 0 Å². The van der Waals surface area contributed by atoms with E-state index in [9.17, 15) is 13.2 Å². The summed E-state index contributed by atoms with van der Waals surface area (Å²) >= 11 is 0. The molecule has 0 radical (unpaired) electrons. The first kappa shape index (κ1) is 19.4. The van der Waals surface area contributed by atoms with E-state index in [-0.39, 0.29) is 23.6 Å². The van der Waals surface area contributed by atoms with Crippen molar-refractivity contribution in [3.05, 3.63) is 54.5 Å². The molecule has 1 aliphatic heterocycles. The monoisotopic (exact) mass is 430 g/mol. The number of halogens is 3. The van der Waals surface area contributed by atoms with Gasteiger partial charge in [0.05, 0.1) is 31.2 Å². The molecule has 0 bridgehead atoms. The lowest BCUT2D eigenvalue weighted by atomic mass is 10.0. The van der Waals surface area contributed by atoms with Gasteiger partial charge in [-0.2, -0.15) is 18.3 Å². The van der Waals surface area contributed by atoms with Crippen molar-refractivity contribution in [2.75, 3.05) is 18.1 Å². The SMILES string of the molecule is CC1C(c2cn[nH]c2)OCCN1c1ccnc(-c2cnc3cnc(C(F)(F)F)cn23)n1. The maximum atomic E-state index is 13.1. The topological polar surface area (TPSA) is 97.1 Å². The summed E-state index contributed by atoms with van der Waals surface area (Å²) in [5.74, 6) is 0.914. The predicted octanol–water partition coefficient (Wildman–Crippen LogP) is 2.89. The molecule has 12 heteroatoms. The molecule has 2 unspecified atom stereocenters. The van der Waals surface area contributed by atoms with E-state index in [1.165, 1.54) is 10.6 Å². The minimum atomic E-state index is -4.57. The van der Waals surface area contributed by atoms with Gasteiger partial charge in [0.15, 0.2) is 17.2 Å². The Hall–Kier alpha value is -3.54. The van der Waals surface area contributed by atoms with Crippen LogP contribution in [0.2, 0.25) is 0 Å². The van der Waals surface area contributed by atoms with Crippen molar-refractivity contribution in [1.82, 2.24) is 34.5 Å². The summed E-state index contributed by atoms with van der Waals surface area (Å²) < 4.78 is 46.5. The quantitative estimate of drug-likeness (QED) is 0.534. The number of ether oxygens (including phenoxy) is 1. The van der Waals surface area contributed by atoms with Gasteiger partial charge in [0.2, 0.25) is 0 Å². The molecule has 5 heterocycles. The summed E-state index contributed by atoms with van der Waals surface area (Å²) in [6, 6.07) is 1.72. The number of alkyl halides is 3. The van der Waals surface area contributed by atoms with Crippen LogP contribution in [0.4, 0.5) is 19.0 Å². The molecule has 0 spiro atoms. The van der Waals surface area contributed by atoms with E-state index in [0.717, 1.165) is 18.0 Å². The molecule has 4 aromatic heterocycles. The van der Waals surface area contributed by atoms with Gasteiger partial charge in [0.1, 0.15) is 17.6 Å². The minimum absolute atomic E-state index is 0.0442. The molecule has 4 aromatic rings. The van der Waals surface area contributed by atoms with Crippen molar-refractivity contribution in [3.8, 4) is 11.5 Å². The van der Waals surface area contributed by atoms with Crippen molar-refractivity contribution < 1.29 is 17.9 Å². The number of aromatic nitrogens is 7. The fraction of sp³-hybridized carbons (Fsp3) is 0.316. The fourth-order valence-electron chi connectivity index (χ4n) is 3.73. The number of hydrogen-bond acceptors (Lipinski definition) is 7. The summed E-state index contributed by atoms with van der Waals surface area (Å²) in [7, 11) is 0. The number of morpholine rings is 1. The zero-order chi connectivity index (χ0) is 21.6. The number of imidazole rings is 1. The molecular weight excluding hydrogens is 413 g/mol. The van der Waals surface area contributed by atoms with Crippen molar-refractivity contribution in [3.63, 3.8) is 0 Å². The Kier molecular flexibility index (Phi) is 4.58. The van der Waals surface area contributed by atoms with Crippen LogP contribution in [0, 0.1) is 0 Å². The van der Waals surface area contributed by atoms with Crippen LogP contribution < -0.4 is 4.90 Å². The number of nitrogens with one attached hydrogen (secondary N) is 1. The highest BCUT2D eigenvalue weighted by Gasteiger charge is 2.34. The summed E-state index contributed by atoms with van der Waals surface area (Å²) in [5.41, 5.74) is 0.536. The highest BCUT2D eigenvalue weighted by Crippen LogP contribution is 2.32. The Morgan fingerprint density at radius 1 is 1.16 bits per heavy atom. The van der Waals surface area contributed by atoms with E-state index in [1.807, 2.05) is 6.92 Å². The zero-order valence-corrected chi connectivity index (χ0v) is 16.3. The first-order valence-corrected chi connectivity index (χ1v) is 9.52. The Balaban J connectivity index is 1.51. The maximum Gasteiger partial charge on any atom is 0.434 e. The van der Waals surface area contributed by atoms with Gasteiger partial charge in [-0.25, -0.2) is 19.9 Å². The third-order valence-corrected chi connectivity index (χ3v) is 5.26. The summed E-state index contributed by atoms with van der Waals surface area (Å²) in [5, 5.41) is 6.78. The Morgan fingerprint density at radius 3 is 2.81 bits per heavy atom. The number of hydrogen-bond donors (Lipinski definition) is 1. The first-order valence-electron chi connectivity index (χ1n) is 9.52. The molecule has 0 aromatic carbocycles. The van der Waals surface area contributed by atoms with Crippen LogP contribution in [-0.4, -0.2) is 53.7 Å². The van der Waals surface area contributed by atoms with Gasteiger partial charge < -0.3 is 9.64 Å². The summed E-state index contributed by atoms with van der Waals surface area (Å²) in [6.45, 7) is 3.13. The lowest BCUT2D eigenvalue weighted by Crippen LogP contribution is -2.46. The lowest BCUT2D eigenvalue weighted by Gasteiger charge is -2.39. The number of aromatic amines is 1. The number of rotatable bonds is 3.